The second-order valence-electron chi connectivity index (χ2n) is 7.56. The zero-order valence-corrected chi connectivity index (χ0v) is 15.1. The first-order chi connectivity index (χ1) is 10.2. The van der Waals surface area contributed by atoms with Gasteiger partial charge in [-0.15, -0.1) is 0 Å². The molecule has 0 aromatic carbocycles. The molecule has 0 bridgehead atoms. The van der Waals surface area contributed by atoms with Crippen molar-refractivity contribution < 1.29 is 9.53 Å². The van der Waals surface area contributed by atoms with Crippen LogP contribution in [0.2, 0.25) is 0 Å². The third kappa shape index (κ3) is 7.79. The highest BCUT2D eigenvalue weighted by molar-refractivity contribution is 5.88. The van der Waals surface area contributed by atoms with Gasteiger partial charge in [0.15, 0.2) is 0 Å². The molecule has 0 saturated carbocycles. The minimum absolute atomic E-state index is 0.00277. The zero-order chi connectivity index (χ0) is 16.8. The Bertz CT molecular complexity index is 421. The predicted molar refractivity (Wildman–Crippen MR) is 92.7 cm³/mol. The van der Waals surface area contributed by atoms with E-state index in [0.29, 0.717) is 17.9 Å². The van der Waals surface area contributed by atoms with Gasteiger partial charge >= 0.3 is 0 Å². The summed E-state index contributed by atoms with van der Waals surface area (Å²) in [6.07, 6.45) is 9.72. The molecule has 0 aromatic rings. The first-order valence-corrected chi connectivity index (χ1v) is 8.51. The fourth-order valence-corrected chi connectivity index (χ4v) is 2.39. The lowest BCUT2D eigenvalue weighted by Gasteiger charge is -2.07. The molecule has 1 aliphatic heterocycles. The summed E-state index contributed by atoms with van der Waals surface area (Å²) in [6.45, 7) is 13.5. The molecule has 1 rings (SSSR count). The molecule has 1 saturated heterocycles. The van der Waals surface area contributed by atoms with Crippen molar-refractivity contribution in [2.75, 3.05) is 6.54 Å². The Hall–Kier alpha value is -1.09. The average molecular weight is 307 g/mol. The zero-order valence-electron chi connectivity index (χ0n) is 15.1. The summed E-state index contributed by atoms with van der Waals surface area (Å²) in [7, 11) is 0. The van der Waals surface area contributed by atoms with Crippen LogP contribution in [0.5, 0.6) is 0 Å². The molecule has 0 spiro atoms. The number of hydrogen-bond donors (Lipinski definition) is 1. The fourth-order valence-electron chi connectivity index (χ4n) is 2.39. The molecule has 0 aliphatic carbocycles. The van der Waals surface area contributed by atoms with E-state index in [1.165, 1.54) is 6.42 Å². The number of allylic oxidation sites excluding steroid dienone is 3. The SMILES string of the molecule is CC(/C=C/CC(C)CCC1OC1(C)C)=C\C(=O)NCC(C)C. The number of ether oxygens (including phenoxy) is 1. The molecule has 126 valence electrons. The van der Waals surface area contributed by atoms with Crippen molar-refractivity contribution in [1.82, 2.24) is 5.32 Å². The Kier molecular flexibility index (Phi) is 7.34. The summed E-state index contributed by atoms with van der Waals surface area (Å²) in [4.78, 5) is 11.7. The molecule has 3 heteroatoms. The van der Waals surface area contributed by atoms with Crippen LogP contribution in [0.4, 0.5) is 0 Å². The Balaban J connectivity index is 2.21. The Morgan fingerprint density at radius 3 is 2.50 bits per heavy atom. The smallest absolute Gasteiger partial charge is 0.244 e. The van der Waals surface area contributed by atoms with Crippen LogP contribution in [0, 0.1) is 11.8 Å². The number of rotatable bonds is 9. The van der Waals surface area contributed by atoms with Crippen LogP contribution in [0.25, 0.3) is 0 Å². The lowest BCUT2D eigenvalue weighted by Crippen LogP contribution is -2.25. The third-order valence-corrected chi connectivity index (χ3v) is 4.05. The van der Waals surface area contributed by atoms with E-state index >= 15 is 0 Å². The molecule has 1 fully saturated rings. The van der Waals surface area contributed by atoms with E-state index in [-0.39, 0.29) is 11.5 Å². The second kappa shape index (κ2) is 8.52. The maximum absolute atomic E-state index is 11.7. The van der Waals surface area contributed by atoms with Crippen molar-refractivity contribution in [2.45, 2.75) is 72.5 Å². The Morgan fingerprint density at radius 1 is 1.32 bits per heavy atom. The molecule has 3 nitrogen and oxygen atoms in total. The van der Waals surface area contributed by atoms with Crippen molar-refractivity contribution >= 4 is 5.91 Å². The van der Waals surface area contributed by atoms with E-state index in [2.05, 4.69) is 46.0 Å². The first-order valence-electron chi connectivity index (χ1n) is 8.51. The summed E-state index contributed by atoms with van der Waals surface area (Å²) in [6, 6.07) is 0. The molecule has 1 aliphatic rings. The fraction of sp³-hybridized carbons (Fsp3) is 0.737. The lowest BCUT2D eigenvalue weighted by molar-refractivity contribution is -0.116. The molecular formula is C19H33NO2. The van der Waals surface area contributed by atoms with Gasteiger partial charge in [0, 0.05) is 12.6 Å². The summed E-state index contributed by atoms with van der Waals surface area (Å²) in [5.74, 6) is 1.13. The van der Waals surface area contributed by atoms with Gasteiger partial charge in [0.05, 0.1) is 11.7 Å². The minimum Gasteiger partial charge on any atom is -0.367 e. The summed E-state index contributed by atoms with van der Waals surface area (Å²) in [5.41, 5.74) is 1.11. The highest BCUT2D eigenvalue weighted by Crippen LogP contribution is 2.39. The van der Waals surface area contributed by atoms with Gasteiger partial charge in [-0.2, -0.15) is 0 Å². The molecule has 2 unspecified atom stereocenters. The van der Waals surface area contributed by atoms with Gasteiger partial charge in [-0.25, -0.2) is 0 Å². The van der Waals surface area contributed by atoms with Crippen LogP contribution < -0.4 is 5.32 Å². The van der Waals surface area contributed by atoms with E-state index in [4.69, 9.17) is 4.74 Å². The molecule has 2 atom stereocenters. The Morgan fingerprint density at radius 2 is 1.95 bits per heavy atom. The monoisotopic (exact) mass is 307 g/mol. The number of carbonyl (C=O) groups excluding carboxylic acids is 1. The number of carbonyl (C=O) groups is 1. The van der Waals surface area contributed by atoms with Crippen LogP contribution in [0.1, 0.15) is 60.8 Å². The van der Waals surface area contributed by atoms with Crippen molar-refractivity contribution in [1.29, 1.82) is 0 Å². The van der Waals surface area contributed by atoms with E-state index in [0.717, 1.165) is 25.0 Å². The van der Waals surface area contributed by atoms with E-state index < -0.39 is 0 Å². The van der Waals surface area contributed by atoms with Crippen LogP contribution in [0.15, 0.2) is 23.8 Å². The van der Waals surface area contributed by atoms with Gasteiger partial charge < -0.3 is 10.1 Å². The molecule has 22 heavy (non-hydrogen) atoms. The molecule has 1 heterocycles. The normalized spacial score (nSPS) is 22.1. The van der Waals surface area contributed by atoms with Crippen LogP contribution in [-0.2, 0) is 9.53 Å². The quantitative estimate of drug-likeness (QED) is 0.393. The highest BCUT2D eigenvalue weighted by Gasteiger charge is 2.46. The summed E-state index contributed by atoms with van der Waals surface area (Å²) in [5, 5.41) is 2.90. The number of nitrogens with one attached hydrogen (secondary N) is 1. The van der Waals surface area contributed by atoms with Crippen LogP contribution in [0.3, 0.4) is 0 Å². The Labute approximate surface area is 136 Å². The number of amides is 1. The van der Waals surface area contributed by atoms with Crippen molar-refractivity contribution in [2.24, 2.45) is 11.8 Å². The number of hydrogen-bond acceptors (Lipinski definition) is 2. The third-order valence-electron chi connectivity index (χ3n) is 4.05. The molecule has 1 amide bonds. The molecule has 1 N–H and O–H groups in total. The maximum atomic E-state index is 11.7. The maximum Gasteiger partial charge on any atom is 0.244 e. The average Bonchev–Trinajstić information content (AvgIpc) is 3.01. The van der Waals surface area contributed by atoms with E-state index in [1.807, 2.05) is 13.0 Å². The van der Waals surface area contributed by atoms with Gasteiger partial charge in [0.25, 0.3) is 0 Å². The predicted octanol–water partition coefficient (Wildman–Crippen LogP) is 4.24. The largest absolute Gasteiger partial charge is 0.367 e. The van der Waals surface area contributed by atoms with Crippen molar-refractivity contribution in [3.8, 4) is 0 Å². The topological polar surface area (TPSA) is 41.6 Å². The minimum atomic E-state index is -0.00277. The molecular weight excluding hydrogens is 274 g/mol. The standard InChI is InChI=1S/C19H33NO2/c1-14(2)13-20-18(21)12-16(4)9-7-8-15(3)10-11-17-19(5,6)22-17/h7,9,12,14-15,17H,8,10-11,13H2,1-6H3,(H,20,21)/b9-7+,16-12+. The second-order valence-corrected chi connectivity index (χ2v) is 7.56. The van der Waals surface area contributed by atoms with Gasteiger partial charge in [-0.3, -0.25) is 4.79 Å². The lowest BCUT2D eigenvalue weighted by atomic mass is 9.97. The highest BCUT2D eigenvalue weighted by atomic mass is 16.6. The van der Waals surface area contributed by atoms with Gasteiger partial charge in [0.1, 0.15) is 0 Å². The van der Waals surface area contributed by atoms with E-state index in [1.54, 1.807) is 6.08 Å². The number of epoxide rings is 1. The molecule has 0 aromatic heterocycles. The van der Waals surface area contributed by atoms with Gasteiger partial charge in [0.2, 0.25) is 5.91 Å². The van der Waals surface area contributed by atoms with Crippen LogP contribution >= 0.6 is 0 Å². The van der Waals surface area contributed by atoms with Gasteiger partial charge in [-0.05, 0) is 57.4 Å². The van der Waals surface area contributed by atoms with E-state index in [9.17, 15) is 4.79 Å². The molecule has 0 radical (unpaired) electrons. The van der Waals surface area contributed by atoms with Gasteiger partial charge in [-0.1, -0.05) is 32.9 Å². The first kappa shape index (κ1) is 19.0. The van der Waals surface area contributed by atoms with Crippen molar-refractivity contribution in [3.63, 3.8) is 0 Å². The van der Waals surface area contributed by atoms with Crippen LogP contribution in [-0.4, -0.2) is 24.2 Å². The van der Waals surface area contributed by atoms with Crippen molar-refractivity contribution in [3.05, 3.63) is 23.8 Å². The summed E-state index contributed by atoms with van der Waals surface area (Å²) >= 11 is 0. The summed E-state index contributed by atoms with van der Waals surface area (Å²) < 4.78 is 5.61.